The summed E-state index contributed by atoms with van der Waals surface area (Å²) in [5.74, 6) is 0. The molecule has 2 saturated heterocycles. The summed E-state index contributed by atoms with van der Waals surface area (Å²) in [5.41, 5.74) is 0. The molecule has 0 aromatic carbocycles. The van der Waals surface area contributed by atoms with Crippen molar-refractivity contribution in [2.24, 2.45) is 0 Å². The van der Waals surface area contributed by atoms with Gasteiger partial charge in [0.05, 0.1) is 0 Å². The Hall–Kier alpha value is -0.120. The smallest absolute Gasteiger partial charge is 0.0428 e. The minimum atomic E-state index is 1.14. The fraction of sp³-hybridized carbons (Fsp3) is 0.857. The van der Waals surface area contributed by atoms with E-state index < -0.39 is 0 Å². The maximum atomic E-state index is 3.34. The lowest BCUT2D eigenvalue weighted by Crippen LogP contribution is -2.54. The normalized spacial score (nSPS) is 30.0. The third-order valence-electron chi connectivity index (χ3n) is 2.15. The van der Waals surface area contributed by atoms with Crippen LogP contribution in [0.4, 0.5) is 0 Å². The van der Waals surface area contributed by atoms with Gasteiger partial charge in [0.25, 0.3) is 0 Å². The van der Waals surface area contributed by atoms with Gasteiger partial charge in [0.15, 0.2) is 0 Å². The van der Waals surface area contributed by atoms with E-state index in [2.05, 4.69) is 21.9 Å². The van der Waals surface area contributed by atoms with Gasteiger partial charge in [-0.05, 0) is 6.42 Å². The molecule has 1 N–H and O–H groups in total. The molecule has 1 radical (unpaired) electrons. The second kappa shape index (κ2) is 2.86. The Kier molecular flexibility index (Phi) is 1.88. The molecule has 0 unspecified atom stereocenters. The van der Waals surface area contributed by atoms with E-state index in [0.29, 0.717) is 0 Å². The molecule has 10 heavy (non-hydrogen) atoms. The zero-order valence-electron chi connectivity index (χ0n) is 6.21. The number of hydrogen-bond donors (Lipinski definition) is 1. The Morgan fingerprint density at radius 3 is 2.30 bits per heavy atom. The van der Waals surface area contributed by atoms with E-state index in [0.717, 1.165) is 13.1 Å². The molecule has 0 amide bonds. The molecule has 2 fully saturated rings. The Labute approximate surface area is 62.0 Å². The van der Waals surface area contributed by atoms with Crippen molar-refractivity contribution in [2.45, 2.75) is 6.42 Å². The Bertz CT molecular complexity index is 105. The average molecular weight is 140 g/mol. The highest BCUT2D eigenvalue weighted by molar-refractivity contribution is 4.80. The van der Waals surface area contributed by atoms with Crippen LogP contribution >= 0.6 is 0 Å². The molecule has 0 atom stereocenters. The van der Waals surface area contributed by atoms with Gasteiger partial charge in [0.1, 0.15) is 0 Å². The second-order valence-corrected chi connectivity index (χ2v) is 2.84. The highest BCUT2D eigenvalue weighted by Gasteiger charge is 2.22. The topological polar surface area (TPSA) is 18.5 Å². The van der Waals surface area contributed by atoms with E-state index in [1.165, 1.54) is 26.1 Å². The van der Waals surface area contributed by atoms with Crippen LogP contribution in [-0.4, -0.2) is 42.7 Å². The molecule has 57 valence electrons. The number of rotatable bonds is 1. The molecule has 2 heterocycles. The summed E-state index contributed by atoms with van der Waals surface area (Å²) >= 11 is 0. The van der Waals surface area contributed by atoms with Crippen molar-refractivity contribution in [1.29, 1.82) is 0 Å². The standard InChI is InChI=1S/C7H14N3/c1-4-9(5-1)10-6-2-8-3-7-10/h4,8H,1-3,5-7H2. The van der Waals surface area contributed by atoms with Crippen LogP contribution in [0.25, 0.3) is 0 Å². The van der Waals surface area contributed by atoms with E-state index in [9.17, 15) is 0 Å². The summed E-state index contributed by atoms with van der Waals surface area (Å²) in [5, 5.41) is 8.09. The first-order valence-corrected chi connectivity index (χ1v) is 4.02. The molecule has 3 heteroatoms. The summed E-state index contributed by atoms with van der Waals surface area (Å²) < 4.78 is 0. The third-order valence-corrected chi connectivity index (χ3v) is 2.15. The van der Waals surface area contributed by atoms with Gasteiger partial charge in [-0.3, -0.25) is 0 Å². The van der Waals surface area contributed by atoms with Gasteiger partial charge >= 0.3 is 0 Å². The lowest BCUT2D eigenvalue weighted by atomic mass is 10.2. The molecule has 2 rings (SSSR count). The highest BCUT2D eigenvalue weighted by Crippen LogP contribution is 2.14. The van der Waals surface area contributed by atoms with Crippen LogP contribution in [0, 0.1) is 6.54 Å². The zero-order valence-corrected chi connectivity index (χ0v) is 6.21. The molecule has 2 aliphatic rings. The summed E-state index contributed by atoms with van der Waals surface area (Å²) in [7, 11) is 0. The molecule has 0 saturated carbocycles. The molecular weight excluding hydrogens is 126 g/mol. The van der Waals surface area contributed by atoms with Gasteiger partial charge in [-0.1, -0.05) is 0 Å². The Morgan fingerprint density at radius 2 is 1.80 bits per heavy atom. The second-order valence-electron chi connectivity index (χ2n) is 2.84. The summed E-state index contributed by atoms with van der Waals surface area (Å²) in [6.07, 6.45) is 1.27. The lowest BCUT2D eigenvalue weighted by Gasteiger charge is -2.42. The van der Waals surface area contributed by atoms with Gasteiger partial charge in [0, 0.05) is 39.3 Å². The first-order chi connectivity index (χ1) is 4.97. The van der Waals surface area contributed by atoms with Crippen molar-refractivity contribution in [3.05, 3.63) is 6.54 Å². The minimum Gasteiger partial charge on any atom is -0.314 e. The molecule has 2 aliphatic heterocycles. The van der Waals surface area contributed by atoms with Gasteiger partial charge in [0.2, 0.25) is 0 Å². The first-order valence-electron chi connectivity index (χ1n) is 4.02. The molecule has 0 aromatic heterocycles. The predicted octanol–water partition coefficient (Wildman–Crippen LogP) is -0.326. The predicted molar refractivity (Wildman–Crippen MR) is 40.1 cm³/mol. The zero-order chi connectivity index (χ0) is 6.81. The fourth-order valence-corrected chi connectivity index (χ4v) is 1.41. The number of hydrazine groups is 1. The SMILES string of the molecule is [CH]1CCN1N1CCNCC1. The number of nitrogens with zero attached hydrogens (tertiary/aromatic N) is 2. The highest BCUT2D eigenvalue weighted by atomic mass is 15.6. The first kappa shape index (κ1) is 6.58. The number of piperazine rings is 1. The molecule has 0 spiro atoms. The van der Waals surface area contributed by atoms with Crippen LogP contribution in [0.1, 0.15) is 6.42 Å². The van der Waals surface area contributed by atoms with Crippen molar-refractivity contribution in [2.75, 3.05) is 32.7 Å². The quantitative estimate of drug-likeness (QED) is 0.538. The van der Waals surface area contributed by atoms with Crippen LogP contribution in [0.5, 0.6) is 0 Å². The van der Waals surface area contributed by atoms with Gasteiger partial charge < -0.3 is 5.32 Å². The maximum absolute atomic E-state index is 3.34. The van der Waals surface area contributed by atoms with Crippen molar-refractivity contribution in [1.82, 2.24) is 15.3 Å². The van der Waals surface area contributed by atoms with Gasteiger partial charge in [-0.25, -0.2) is 10.0 Å². The number of hydrogen-bond acceptors (Lipinski definition) is 3. The van der Waals surface area contributed by atoms with Crippen molar-refractivity contribution in [3.8, 4) is 0 Å². The molecular formula is C7H14N3. The largest absolute Gasteiger partial charge is 0.314 e. The van der Waals surface area contributed by atoms with Crippen LogP contribution in [0.2, 0.25) is 0 Å². The molecule has 3 nitrogen and oxygen atoms in total. The summed E-state index contributed by atoms with van der Waals surface area (Å²) in [4.78, 5) is 0. The maximum Gasteiger partial charge on any atom is 0.0428 e. The monoisotopic (exact) mass is 140 g/mol. The third kappa shape index (κ3) is 1.17. The fourth-order valence-electron chi connectivity index (χ4n) is 1.41. The molecule has 0 aromatic rings. The van der Waals surface area contributed by atoms with Crippen molar-refractivity contribution in [3.63, 3.8) is 0 Å². The van der Waals surface area contributed by atoms with Crippen LogP contribution in [-0.2, 0) is 0 Å². The van der Waals surface area contributed by atoms with Gasteiger partial charge in [-0.15, -0.1) is 0 Å². The summed E-state index contributed by atoms with van der Waals surface area (Å²) in [6.45, 7) is 8.15. The van der Waals surface area contributed by atoms with E-state index in [1.807, 2.05) is 0 Å². The van der Waals surface area contributed by atoms with E-state index in [4.69, 9.17) is 0 Å². The lowest BCUT2D eigenvalue weighted by molar-refractivity contribution is -0.0459. The Balaban J connectivity index is 1.78. The van der Waals surface area contributed by atoms with E-state index in [1.54, 1.807) is 0 Å². The van der Waals surface area contributed by atoms with Crippen molar-refractivity contribution >= 4 is 0 Å². The van der Waals surface area contributed by atoms with E-state index >= 15 is 0 Å². The van der Waals surface area contributed by atoms with Crippen LogP contribution in [0.3, 0.4) is 0 Å². The summed E-state index contributed by atoms with van der Waals surface area (Å²) in [6, 6.07) is 0. The Morgan fingerprint density at radius 1 is 1.10 bits per heavy atom. The minimum absolute atomic E-state index is 1.14. The molecule has 0 bridgehead atoms. The van der Waals surface area contributed by atoms with Gasteiger partial charge in [-0.2, -0.15) is 0 Å². The van der Waals surface area contributed by atoms with Crippen LogP contribution < -0.4 is 5.32 Å². The molecule has 0 aliphatic carbocycles. The number of nitrogens with one attached hydrogen (secondary N) is 1. The average Bonchev–Trinajstić information content (AvgIpc) is 1.86. The van der Waals surface area contributed by atoms with Crippen LogP contribution in [0.15, 0.2) is 0 Å². The van der Waals surface area contributed by atoms with Crippen molar-refractivity contribution < 1.29 is 0 Å². The van der Waals surface area contributed by atoms with E-state index in [-0.39, 0.29) is 0 Å².